The highest BCUT2D eigenvalue weighted by Crippen LogP contribution is 2.37. The molecule has 2 aromatic carbocycles. The number of benzene rings is 2. The van der Waals surface area contributed by atoms with Gasteiger partial charge in [0.1, 0.15) is 5.75 Å². The lowest BCUT2D eigenvalue weighted by Gasteiger charge is -2.21. The van der Waals surface area contributed by atoms with Gasteiger partial charge >= 0.3 is 0 Å². The molecule has 1 unspecified atom stereocenters. The summed E-state index contributed by atoms with van der Waals surface area (Å²) >= 11 is 0. The van der Waals surface area contributed by atoms with Gasteiger partial charge in [-0.25, -0.2) is 8.42 Å². The smallest absolute Gasteiger partial charge is 0.247 e. The highest BCUT2D eigenvalue weighted by atomic mass is 32.2. The summed E-state index contributed by atoms with van der Waals surface area (Å²) in [7, 11) is -1.96. The second kappa shape index (κ2) is 6.62. The number of aromatic nitrogens is 2. The number of hydrogen-bond acceptors (Lipinski definition) is 6. The molecule has 7 nitrogen and oxygen atoms in total. The van der Waals surface area contributed by atoms with Gasteiger partial charge in [-0.15, -0.1) is 0 Å². The molecule has 0 radical (unpaired) electrons. The van der Waals surface area contributed by atoms with Crippen LogP contribution in [-0.2, 0) is 10.0 Å². The molecular formula is C19H18N4O3S. The van der Waals surface area contributed by atoms with E-state index < -0.39 is 16.1 Å². The average Bonchev–Trinajstić information content (AvgIpc) is 3.13. The largest absolute Gasteiger partial charge is 0.496 e. The standard InChI is InChI=1S/C19H18N4O3S/c1-26-19-6-4-3-5-14(19)16-12-18(23(22-16)27(2,24)25)13-7-8-15-17(11-13)21-10-9-20-15/h3-11,18H,12H2,1-2H3. The molecule has 0 amide bonds. The zero-order valence-electron chi connectivity index (χ0n) is 14.9. The number of hydrogen-bond donors (Lipinski definition) is 0. The molecule has 0 aliphatic carbocycles. The van der Waals surface area contributed by atoms with Crippen molar-refractivity contribution in [1.82, 2.24) is 14.4 Å². The summed E-state index contributed by atoms with van der Waals surface area (Å²) in [6.45, 7) is 0. The summed E-state index contributed by atoms with van der Waals surface area (Å²) in [6, 6.07) is 12.6. The average molecular weight is 382 g/mol. The van der Waals surface area contributed by atoms with Crippen molar-refractivity contribution in [2.75, 3.05) is 13.4 Å². The highest BCUT2D eigenvalue weighted by Gasteiger charge is 2.35. The fraction of sp³-hybridized carbons (Fsp3) is 0.211. The van der Waals surface area contributed by atoms with Crippen LogP contribution in [0.5, 0.6) is 5.75 Å². The van der Waals surface area contributed by atoms with Crippen molar-refractivity contribution < 1.29 is 13.2 Å². The predicted octanol–water partition coefficient (Wildman–Crippen LogP) is 2.75. The van der Waals surface area contributed by atoms with Crippen LogP contribution in [0, 0.1) is 0 Å². The molecule has 3 aromatic rings. The topological polar surface area (TPSA) is 84.8 Å². The van der Waals surface area contributed by atoms with Gasteiger partial charge in [-0.3, -0.25) is 9.97 Å². The lowest BCUT2D eigenvalue weighted by atomic mass is 9.98. The second-order valence-corrected chi connectivity index (χ2v) is 8.15. The van der Waals surface area contributed by atoms with Crippen molar-refractivity contribution >= 4 is 26.8 Å². The van der Waals surface area contributed by atoms with Crippen LogP contribution in [0.4, 0.5) is 0 Å². The van der Waals surface area contributed by atoms with Crippen LogP contribution >= 0.6 is 0 Å². The van der Waals surface area contributed by atoms with Crippen molar-refractivity contribution in [2.45, 2.75) is 12.5 Å². The van der Waals surface area contributed by atoms with E-state index in [1.807, 2.05) is 42.5 Å². The second-order valence-electron chi connectivity index (χ2n) is 6.31. The van der Waals surface area contributed by atoms with E-state index in [-0.39, 0.29) is 0 Å². The van der Waals surface area contributed by atoms with Crippen molar-refractivity contribution in [3.63, 3.8) is 0 Å². The Labute approximate surface area is 157 Å². The SMILES string of the molecule is COc1ccccc1C1=NN(S(C)(=O)=O)C(c2ccc3nccnc3c2)C1. The van der Waals surface area contributed by atoms with Gasteiger partial charge in [0.25, 0.3) is 0 Å². The van der Waals surface area contributed by atoms with E-state index in [9.17, 15) is 8.42 Å². The number of methoxy groups -OCH3 is 1. The van der Waals surface area contributed by atoms with Gasteiger partial charge in [0.15, 0.2) is 0 Å². The van der Waals surface area contributed by atoms with Gasteiger partial charge in [0.2, 0.25) is 10.0 Å². The summed E-state index contributed by atoms with van der Waals surface area (Å²) in [6.07, 6.45) is 4.85. The number of para-hydroxylation sites is 1. The summed E-state index contributed by atoms with van der Waals surface area (Å²) in [4.78, 5) is 8.58. The van der Waals surface area contributed by atoms with Crippen LogP contribution in [0.25, 0.3) is 11.0 Å². The number of ether oxygens (including phenoxy) is 1. The molecule has 138 valence electrons. The molecular weight excluding hydrogens is 364 g/mol. The zero-order valence-corrected chi connectivity index (χ0v) is 15.7. The number of nitrogens with zero attached hydrogens (tertiary/aromatic N) is 4. The normalized spacial score (nSPS) is 17.2. The Hall–Kier alpha value is -3.00. The molecule has 1 aliphatic rings. The maximum atomic E-state index is 12.4. The van der Waals surface area contributed by atoms with E-state index >= 15 is 0 Å². The Kier molecular flexibility index (Phi) is 4.27. The molecule has 1 aliphatic heterocycles. The first kappa shape index (κ1) is 17.4. The Morgan fingerprint density at radius 1 is 1.07 bits per heavy atom. The molecule has 0 saturated carbocycles. The van der Waals surface area contributed by atoms with Gasteiger partial charge in [-0.05, 0) is 29.8 Å². The molecule has 8 heteroatoms. The Balaban J connectivity index is 1.79. The summed E-state index contributed by atoms with van der Waals surface area (Å²) in [5, 5.41) is 4.42. The molecule has 27 heavy (non-hydrogen) atoms. The van der Waals surface area contributed by atoms with Gasteiger partial charge < -0.3 is 4.74 Å². The Morgan fingerprint density at radius 2 is 1.81 bits per heavy atom. The third kappa shape index (κ3) is 3.23. The van der Waals surface area contributed by atoms with Gasteiger partial charge in [0.05, 0.1) is 36.2 Å². The van der Waals surface area contributed by atoms with Crippen molar-refractivity contribution in [3.05, 3.63) is 66.0 Å². The van der Waals surface area contributed by atoms with Gasteiger partial charge in [-0.1, -0.05) is 18.2 Å². The fourth-order valence-corrected chi connectivity index (χ4v) is 4.18. The number of sulfonamides is 1. The molecule has 4 rings (SSSR count). The third-order valence-corrected chi connectivity index (χ3v) is 5.52. The molecule has 1 aromatic heterocycles. The number of rotatable bonds is 4. The van der Waals surface area contributed by atoms with Crippen LogP contribution in [0.1, 0.15) is 23.6 Å². The van der Waals surface area contributed by atoms with Crippen molar-refractivity contribution in [3.8, 4) is 5.75 Å². The first-order valence-corrected chi connectivity index (χ1v) is 10.2. The molecule has 0 saturated heterocycles. The van der Waals surface area contributed by atoms with Crippen molar-refractivity contribution in [1.29, 1.82) is 0 Å². The number of hydrazone groups is 1. The molecule has 2 heterocycles. The van der Waals surface area contributed by atoms with E-state index in [2.05, 4.69) is 15.1 Å². The first-order valence-electron chi connectivity index (χ1n) is 8.38. The quantitative estimate of drug-likeness (QED) is 0.693. The number of fused-ring (bicyclic) bond motifs is 1. The monoisotopic (exact) mass is 382 g/mol. The van der Waals surface area contributed by atoms with E-state index in [1.165, 1.54) is 4.41 Å². The Morgan fingerprint density at radius 3 is 2.56 bits per heavy atom. The lowest BCUT2D eigenvalue weighted by molar-refractivity contribution is 0.375. The van der Waals surface area contributed by atoms with E-state index in [4.69, 9.17) is 4.74 Å². The predicted molar refractivity (Wildman–Crippen MR) is 103 cm³/mol. The highest BCUT2D eigenvalue weighted by molar-refractivity contribution is 7.88. The van der Waals surface area contributed by atoms with Crippen LogP contribution in [0.2, 0.25) is 0 Å². The zero-order chi connectivity index (χ0) is 19.0. The maximum Gasteiger partial charge on any atom is 0.247 e. The van der Waals surface area contributed by atoms with Crippen molar-refractivity contribution in [2.24, 2.45) is 5.10 Å². The van der Waals surface area contributed by atoms with E-state index in [0.717, 1.165) is 22.9 Å². The van der Waals surface area contributed by atoms with Crippen LogP contribution in [-0.4, -0.2) is 41.9 Å². The molecule has 0 N–H and O–H groups in total. The molecule has 0 spiro atoms. The minimum Gasteiger partial charge on any atom is -0.496 e. The third-order valence-electron chi connectivity index (χ3n) is 4.51. The van der Waals surface area contributed by atoms with Crippen LogP contribution < -0.4 is 4.74 Å². The van der Waals surface area contributed by atoms with E-state index in [1.54, 1.807) is 19.5 Å². The molecule has 1 atom stereocenters. The minimum atomic E-state index is -3.54. The first-order chi connectivity index (χ1) is 13.0. The Bertz CT molecular complexity index is 1140. The summed E-state index contributed by atoms with van der Waals surface area (Å²) < 4.78 is 31.3. The van der Waals surface area contributed by atoms with Crippen LogP contribution in [0.3, 0.4) is 0 Å². The van der Waals surface area contributed by atoms with Gasteiger partial charge in [-0.2, -0.15) is 9.52 Å². The minimum absolute atomic E-state index is 0.439. The van der Waals surface area contributed by atoms with Gasteiger partial charge in [0, 0.05) is 24.4 Å². The van der Waals surface area contributed by atoms with Crippen LogP contribution in [0.15, 0.2) is 60.0 Å². The lowest BCUT2D eigenvalue weighted by Crippen LogP contribution is -2.25. The molecule has 0 fully saturated rings. The maximum absolute atomic E-state index is 12.4. The molecule has 0 bridgehead atoms. The van der Waals surface area contributed by atoms with E-state index in [0.29, 0.717) is 23.4 Å². The summed E-state index contributed by atoms with van der Waals surface area (Å²) in [5.41, 5.74) is 3.76. The fourth-order valence-electron chi connectivity index (χ4n) is 3.28. The summed E-state index contributed by atoms with van der Waals surface area (Å²) in [5.74, 6) is 0.662.